The van der Waals surface area contributed by atoms with Crippen LogP contribution in [0.4, 0.5) is 0 Å². The maximum Gasteiger partial charge on any atom is -0.0307 e. The monoisotopic (exact) mass is 905 g/mol. The summed E-state index contributed by atoms with van der Waals surface area (Å²) in [5.41, 5.74) is 4.06. The predicted octanol–water partition coefficient (Wildman–Crippen LogP) is 22.5. The molecule has 5 unspecified atom stereocenters. The van der Waals surface area contributed by atoms with E-state index in [0.717, 1.165) is 72.0 Å². The van der Waals surface area contributed by atoms with E-state index in [1.807, 2.05) is 0 Å². The summed E-state index contributed by atoms with van der Waals surface area (Å²) in [5, 5.41) is 0. The van der Waals surface area contributed by atoms with Gasteiger partial charge in [-0.05, 0) is 145 Å². The molecular formula is C65H124. The number of hydrogen-bond donors (Lipinski definition) is 0. The van der Waals surface area contributed by atoms with Crippen LogP contribution in [0.15, 0.2) is 24.3 Å². The Labute approximate surface area is 413 Å². The highest BCUT2D eigenvalue weighted by Crippen LogP contribution is 2.50. The van der Waals surface area contributed by atoms with Crippen molar-refractivity contribution in [3.8, 4) is 0 Å². The maximum absolute atomic E-state index is 2.43. The van der Waals surface area contributed by atoms with Crippen molar-refractivity contribution in [2.45, 2.75) is 310 Å². The second kappa shape index (κ2) is 36.2. The molecule has 384 valence electrons. The van der Waals surface area contributed by atoms with Crippen molar-refractivity contribution in [3.05, 3.63) is 35.4 Å². The van der Waals surface area contributed by atoms with Gasteiger partial charge in [-0.3, -0.25) is 0 Å². The van der Waals surface area contributed by atoms with Crippen LogP contribution in [0.25, 0.3) is 0 Å². The molecule has 0 radical (unpaired) electrons. The summed E-state index contributed by atoms with van der Waals surface area (Å²) in [6.07, 6.45) is 45.1. The van der Waals surface area contributed by atoms with Crippen LogP contribution in [0.3, 0.4) is 0 Å². The van der Waals surface area contributed by atoms with E-state index in [-0.39, 0.29) is 0 Å². The Hall–Kier alpha value is -0.780. The first-order valence-electron chi connectivity index (χ1n) is 30.1. The first kappa shape index (κ1) is 62.2. The van der Waals surface area contributed by atoms with Crippen LogP contribution in [0.5, 0.6) is 0 Å². The lowest BCUT2D eigenvalue weighted by Gasteiger charge is -2.44. The van der Waals surface area contributed by atoms with Crippen LogP contribution in [-0.4, -0.2) is 0 Å². The zero-order valence-corrected chi connectivity index (χ0v) is 48.0. The third kappa shape index (κ3) is 29.1. The average Bonchev–Trinajstić information content (AvgIpc) is 3.93. The highest BCUT2D eigenvalue weighted by Gasteiger charge is 2.38. The molecule has 6 saturated carbocycles. The first-order valence-corrected chi connectivity index (χ1v) is 30.1. The van der Waals surface area contributed by atoms with E-state index in [2.05, 4.69) is 135 Å². The summed E-state index contributed by atoms with van der Waals surface area (Å²) in [5.74, 6) is 10.7. The van der Waals surface area contributed by atoms with Crippen LogP contribution in [-0.2, 0) is 12.8 Å². The Balaban J connectivity index is 0.000000391. The van der Waals surface area contributed by atoms with Gasteiger partial charge in [0.05, 0.1) is 0 Å². The molecule has 1 aromatic carbocycles. The fourth-order valence-corrected chi connectivity index (χ4v) is 13.8. The molecule has 6 fully saturated rings. The number of rotatable bonds is 11. The van der Waals surface area contributed by atoms with Crippen molar-refractivity contribution in [3.63, 3.8) is 0 Å². The number of benzene rings is 1. The molecule has 1 aromatic rings. The number of hydrogen-bond acceptors (Lipinski definition) is 0. The molecule has 0 amide bonds. The molecule has 0 N–H and O–H groups in total. The molecular weight excluding hydrogens is 781 g/mol. The lowest BCUT2D eigenvalue weighted by Crippen LogP contribution is -2.32. The molecule has 0 nitrogen and oxygen atoms in total. The summed E-state index contributed by atoms with van der Waals surface area (Å²) in [7, 11) is 0. The number of unbranched alkanes of at least 4 members (excludes halogenated alkanes) is 4. The van der Waals surface area contributed by atoms with E-state index in [1.165, 1.54) is 165 Å². The summed E-state index contributed by atoms with van der Waals surface area (Å²) < 4.78 is 0. The summed E-state index contributed by atoms with van der Waals surface area (Å²) in [4.78, 5) is 0. The second-order valence-electron chi connectivity index (χ2n) is 25.4. The fraction of sp³-hybridized carbons (Fsp3) is 0.908. The van der Waals surface area contributed by atoms with Gasteiger partial charge < -0.3 is 0 Å². The van der Waals surface area contributed by atoms with Gasteiger partial charge in [0.2, 0.25) is 0 Å². The van der Waals surface area contributed by atoms with E-state index in [4.69, 9.17) is 0 Å². The number of aryl methyl sites for hydroxylation is 2. The van der Waals surface area contributed by atoms with E-state index < -0.39 is 0 Å². The van der Waals surface area contributed by atoms with E-state index in [1.54, 1.807) is 32.1 Å². The third-order valence-corrected chi connectivity index (χ3v) is 17.2. The average molecular weight is 906 g/mol. The molecule has 0 heterocycles. The highest BCUT2D eigenvalue weighted by molar-refractivity contribution is 5.23. The minimum atomic E-state index is 0.584. The van der Waals surface area contributed by atoms with Gasteiger partial charge in [0.1, 0.15) is 0 Å². The van der Waals surface area contributed by atoms with Crippen LogP contribution < -0.4 is 0 Å². The molecule has 6 aliphatic rings. The Morgan fingerprint density at radius 3 is 1.26 bits per heavy atom. The number of fused-ring (bicyclic) bond motifs is 2. The Morgan fingerprint density at radius 2 is 0.938 bits per heavy atom. The van der Waals surface area contributed by atoms with E-state index in [9.17, 15) is 0 Å². The van der Waals surface area contributed by atoms with Crippen LogP contribution in [0, 0.1) is 70.0 Å². The van der Waals surface area contributed by atoms with Gasteiger partial charge in [0.25, 0.3) is 0 Å². The van der Waals surface area contributed by atoms with Crippen molar-refractivity contribution in [1.29, 1.82) is 0 Å². The molecule has 0 aliphatic heterocycles. The van der Waals surface area contributed by atoms with Gasteiger partial charge in [-0.25, -0.2) is 0 Å². The summed E-state index contributed by atoms with van der Waals surface area (Å²) >= 11 is 0. The SMILES string of the molecule is CC1CC(C)(C)CC(C)(C)C1.CC1CCC(CC2CCC(C)CC2)CC1.CCC.CCC1CC2CCC1C2.CCC1CCCC(CC)C1.CCCCCCC.CCc1cccc(CC)c1. The van der Waals surface area contributed by atoms with Crippen LogP contribution in [0.2, 0.25) is 0 Å². The van der Waals surface area contributed by atoms with Crippen LogP contribution >= 0.6 is 0 Å². The zero-order valence-electron chi connectivity index (χ0n) is 48.0. The van der Waals surface area contributed by atoms with Gasteiger partial charge in [-0.2, -0.15) is 0 Å². The van der Waals surface area contributed by atoms with Crippen molar-refractivity contribution in [2.75, 3.05) is 0 Å². The topological polar surface area (TPSA) is 0 Å². The van der Waals surface area contributed by atoms with Gasteiger partial charge in [-0.1, -0.05) is 270 Å². The van der Waals surface area contributed by atoms with Gasteiger partial charge in [0, 0.05) is 0 Å². The molecule has 0 saturated heterocycles. The van der Waals surface area contributed by atoms with E-state index >= 15 is 0 Å². The van der Waals surface area contributed by atoms with Crippen molar-refractivity contribution in [1.82, 2.24) is 0 Å². The largest absolute Gasteiger partial charge is 0.0656 e. The quantitative estimate of drug-likeness (QED) is 0.194. The highest BCUT2D eigenvalue weighted by atomic mass is 14.4. The fourth-order valence-electron chi connectivity index (χ4n) is 13.8. The zero-order chi connectivity index (χ0) is 48.7. The Bertz CT molecular complexity index is 1130. The smallest absolute Gasteiger partial charge is 0.0307 e. The van der Waals surface area contributed by atoms with Crippen molar-refractivity contribution in [2.24, 2.45) is 70.0 Å². The molecule has 6 aliphatic carbocycles. The molecule has 0 spiro atoms. The van der Waals surface area contributed by atoms with Crippen molar-refractivity contribution >= 4 is 0 Å². The maximum atomic E-state index is 2.43. The Morgan fingerprint density at radius 1 is 0.477 bits per heavy atom. The normalized spacial score (nSPS) is 29.8. The summed E-state index contributed by atoms with van der Waals surface area (Å²) in [6, 6.07) is 8.77. The molecule has 0 aromatic heterocycles. The van der Waals surface area contributed by atoms with Gasteiger partial charge >= 0.3 is 0 Å². The lowest BCUT2D eigenvalue weighted by molar-refractivity contribution is 0.0754. The van der Waals surface area contributed by atoms with Crippen LogP contribution in [0.1, 0.15) is 308 Å². The molecule has 0 heteroatoms. The lowest BCUT2D eigenvalue weighted by atomic mass is 9.62. The molecule has 65 heavy (non-hydrogen) atoms. The first-order chi connectivity index (χ1) is 31.0. The minimum absolute atomic E-state index is 0.584. The second-order valence-corrected chi connectivity index (χ2v) is 25.4. The van der Waals surface area contributed by atoms with Gasteiger partial charge in [0.15, 0.2) is 0 Å². The minimum Gasteiger partial charge on any atom is -0.0656 e. The molecule has 7 rings (SSSR count). The predicted molar refractivity (Wildman–Crippen MR) is 298 cm³/mol. The Kier molecular flexibility index (Phi) is 34.7. The molecule has 2 bridgehead atoms. The van der Waals surface area contributed by atoms with E-state index in [0.29, 0.717) is 10.8 Å². The summed E-state index contributed by atoms with van der Waals surface area (Å²) in [6.45, 7) is 37.0. The third-order valence-electron chi connectivity index (χ3n) is 17.2. The van der Waals surface area contributed by atoms with Gasteiger partial charge in [-0.15, -0.1) is 0 Å². The van der Waals surface area contributed by atoms with Crippen molar-refractivity contribution < 1.29 is 0 Å². The standard InChI is InChI=1S/C15H28.C11H22.C10H20.C10H14.C9H16.C7H16.C3H8/c1-12-3-7-14(8-4-12)11-15-9-5-13(2)6-10-15;1-9-6-10(2,3)8-11(4,5)7-9;2*1-3-9-6-5-7-10(4-2)8-9;1-2-8-5-7-3-4-9(8)6-7;1-3-5-7-6-4-2;1-3-2/h12-15H,3-11H2,1-2H3;9H,6-8H2,1-5H3;9-10H,3-8H2,1-2H3;5-8H,3-4H2,1-2H3;7-9H,2-6H2,1H3;3-7H2,1-2H3;3H2,1-2H3. The molecule has 5 atom stereocenters.